The van der Waals surface area contributed by atoms with Gasteiger partial charge in [0.2, 0.25) is 5.91 Å². The molecule has 0 aliphatic heterocycles. The minimum atomic E-state index is -0.253. The van der Waals surface area contributed by atoms with Gasteiger partial charge in [-0.25, -0.2) is 9.97 Å². The van der Waals surface area contributed by atoms with Crippen molar-refractivity contribution in [1.82, 2.24) is 14.5 Å². The summed E-state index contributed by atoms with van der Waals surface area (Å²) in [5.41, 5.74) is 3.24. The van der Waals surface area contributed by atoms with Gasteiger partial charge in [0.1, 0.15) is 0 Å². The first-order chi connectivity index (χ1) is 12.1. The zero-order valence-corrected chi connectivity index (χ0v) is 16.0. The fourth-order valence-corrected chi connectivity index (χ4v) is 3.81. The number of rotatable bonds is 6. The van der Waals surface area contributed by atoms with Crippen molar-refractivity contribution in [3.05, 3.63) is 47.6 Å². The lowest BCUT2D eigenvalue weighted by Gasteiger charge is -2.09. The molecular formula is C18H20N4OS2. The second-order valence-corrected chi connectivity index (χ2v) is 7.82. The molecular weight excluding hydrogens is 352 g/mol. The van der Waals surface area contributed by atoms with Crippen LogP contribution < -0.4 is 5.32 Å². The van der Waals surface area contributed by atoms with Crippen LogP contribution in [-0.4, -0.2) is 25.7 Å². The number of thioether (sulfide) groups is 1. The first-order valence-electron chi connectivity index (χ1n) is 8.06. The molecule has 5 nitrogen and oxygen atoms in total. The summed E-state index contributed by atoms with van der Waals surface area (Å²) in [4.78, 5) is 21.1. The highest BCUT2D eigenvalue weighted by Crippen LogP contribution is 2.27. The molecule has 0 bridgehead atoms. The topological polar surface area (TPSA) is 59.8 Å². The number of aryl methyl sites for hydroxylation is 2. The summed E-state index contributed by atoms with van der Waals surface area (Å²) in [7, 11) is 1.91. The second kappa shape index (κ2) is 7.84. The molecule has 3 rings (SSSR count). The average molecular weight is 373 g/mol. The van der Waals surface area contributed by atoms with E-state index in [-0.39, 0.29) is 11.2 Å². The van der Waals surface area contributed by atoms with Gasteiger partial charge in [-0.15, -0.1) is 11.3 Å². The van der Waals surface area contributed by atoms with E-state index < -0.39 is 0 Å². The van der Waals surface area contributed by atoms with Crippen molar-refractivity contribution in [2.75, 3.05) is 5.32 Å². The van der Waals surface area contributed by atoms with Crippen LogP contribution in [0.5, 0.6) is 0 Å². The van der Waals surface area contributed by atoms with Crippen molar-refractivity contribution in [2.24, 2.45) is 7.05 Å². The summed E-state index contributed by atoms with van der Waals surface area (Å²) in [5, 5.41) is 6.05. The lowest BCUT2D eigenvalue weighted by molar-refractivity contribution is -0.115. The summed E-state index contributed by atoms with van der Waals surface area (Å²) >= 11 is 2.87. The third kappa shape index (κ3) is 4.29. The zero-order chi connectivity index (χ0) is 17.8. The molecule has 0 saturated carbocycles. The van der Waals surface area contributed by atoms with Gasteiger partial charge in [0.05, 0.1) is 10.9 Å². The Morgan fingerprint density at radius 1 is 1.36 bits per heavy atom. The number of hydrogen-bond donors (Lipinski definition) is 1. The Morgan fingerprint density at radius 3 is 2.76 bits per heavy atom. The van der Waals surface area contributed by atoms with E-state index in [1.807, 2.05) is 30.1 Å². The number of carbonyl (C=O) groups is 1. The molecule has 1 aromatic carbocycles. The van der Waals surface area contributed by atoms with Gasteiger partial charge < -0.3 is 9.88 Å². The predicted molar refractivity (Wildman–Crippen MR) is 104 cm³/mol. The molecule has 0 fully saturated rings. The van der Waals surface area contributed by atoms with Gasteiger partial charge in [-0.3, -0.25) is 4.79 Å². The Bertz CT molecular complexity index is 854. The van der Waals surface area contributed by atoms with Crippen LogP contribution in [0.25, 0.3) is 11.3 Å². The lowest BCUT2D eigenvalue weighted by Crippen LogP contribution is -2.22. The lowest BCUT2D eigenvalue weighted by atomic mass is 10.1. The smallest absolute Gasteiger partial charge is 0.239 e. The van der Waals surface area contributed by atoms with Crippen LogP contribution in [-0.2, 0) is 18.3 Å². The molecule has 1 atom stereocenters. The quantitative estimate of drug-likeness (QED) is 0.658. The summed E-state index contributed by atoms with van der Waals surface area (Å²) in [5.74, 6) is -0.0739. The summed E-state index contributed by atoms with van der Waals surface area (Å²) in [6.45, 7) is 4.00. The molecule has 7 heteroatoms. The fraction of sp³-hybridized carbons (Fsp3) is 0.278. The highest BCUT2D eigenvalue weighted by atomic mass is 32.2. The van der Waals surface area contributed by atoms with Crippen molar-refractivity contribution in [1.29, 1.82) is 0 Å². The number of anilines is 1. The van der Waals surface area contributed by atoms with Crippen LogP contribution in [0.1, 0.15) is 19.4 Å². The van der Waals surface area contributed by atoms with Crippen molar-refractivity contribution >= 4 is 34.1 Å². The van der Waals surface area contributed by atoms with Gasteiger partial charge in [0.15, 0.2) is 10.3 Å². The Labute approximate surface area is 155 Å². The molecule has 0 aliphatic carbocycles. The highest BCUT2D eigenvalue weighted by Gasteiger charge is 2.18. The number of hydrogen-bond acceptors (Lipinski definition) is 5. The summed E-state index contributed by atoms with van der Waals surface area (Å²) in [6.07, 6.45) is 4.61. The van der Waals surface area contributed by atoms with Gasteiger partial charge in [-0.2, -0.15) is 0 Å². The van der Waals surface area contributed by atoms with Gasteiger partial charge in [-0.05, 0) is 18.9 Å². The van der Waals surface area contributed by atoms with E-state index in [0.29, 0.717) is 5.13 Å². The number of benzene rings is 1. The average Bonchev–Trinajstić information content (AvgIpc) is 3.24. The number of thiazole rings is 1. The molecule has 2 aromatic heterocycles. The molecule has 1 N–H and O–H groups in total. The SMILES string of the molecule is CCc1ccc(-c2csc(NC(=O)[C@@H](C)Sc3nccn3C)n2)cc1. The number of aromatic nitrogens is 3. The standard InChI is InChI=1S/C18H20N4OS2/c1-4-13-5-7-14(8-6-13)15-11-24-17(20-15)21-16(23)12(2)25-18-19-9-10-22(18)3/h5-12H,4H2,1-3H3,(H,20,21,23)/t12-/m1/s1. The third-order valence-corrected chi connectivity index (χ3v) is 5.75. The zero-order valence-electron chi connectivity index (χ0n) is 14.4. The van der Waals surface area contributed by atoms with Crippen molar-refractivity contribution in [3.63, 3.8) is 0 Å². The van der Waals surface area contributed by atoms with E-state index in [0.717, 1.165) is 22.8 Å². The Morgan fingerprint density at radius 2 is 2.12 bits per heavy atom. The monoisotopic (exact) mass is 372 g/mol. The molecule has 2 heterocycles. The minimum absolute atomic E-state index is 0.0739. The summed E-state index contributed by atoms with van der Waals surface area (Å²) < 4.78 is 1.90. The maximum absolute atomic E-state index is 12.4. The summed E-state index contributed by atoms with van der Waals surface area (Å²) in [6, 6.07) is 8.36. The van der Waals surface area contributed by atoms with E-state index in [2.05, 4.69) is 46.5 Å². The Balaban J connectivity index is 1.64. The maximum atomic E-state index is 12.4. The van der Waals surface area contributed by atoms with Crippen LogP contribution in [0.15, 0.2) is 47.2 Å². The van der Waals surface area contributed by atoms with Gasteiger partial charge >= 0.3 is 0 Å². The number of amides is 1. The maximum Gasteiger partial charge on any atom is 0.239 e. The van der Waals surface area contributed by atoms with Crippen LogP contribution in [0.3, 0.4) is 0 Å². The third-order valence-electron chi connectivity index (χ3n) is 3.82. The first-order valence-corrected chi connectivity index (χ1v) is 9.82. The van der Waals surface area contributed by atoms with Gasteiger partial charge in [0, 0.05) is 30.4 Å². The van der Waals surface area contributed by atoms with E-state index in [9.17, 15) is 4.79 Å². The minimum Gasteiger partial charge on any atom is -0.329 e. The molecule has 0 spiro atoms. The molecule has 0 unspecified atom stereocenters. The van der Waals surface area contributed by atoms with Crippen LogP contribution >= 0.6 is 23.1 Å². The van der Waals surface area contributed by atoms with E-state index >= 15 is 0 Å². The predicted octanol–water partition coefficient (Wildman–Crippen LogP) is 4.23. The van der Waals surface area contributed by atoms with Crippen LogP contribution in [0, 0.1) is 0 Å². The molecule has 0 radical (unpaired) electrons. The van der Waals surface area contributed by atoms with Crippen molar-refractivity contribution < 1.29 is 4.79 Å². The highest BCUT2D eigenvalue weighted by molar-refractivity contribution is 8.00. The normalized spacial score (nSPS) is 12.1. The molecule has 3 aromatic rings. The molecule has 0 saturated heterocycles. The molecule has 0 aliphatic rings. The van der Waals surface area contributed by atoms with E-state index in [1.165, 1.54) is 28.7 Å². The second-order valence-electron chi connectivity index (χ2n) is 5.66. The Hall–Kier alpha value is -2.12. The van der Waals surface area contributed by atoms with Crippen LogP contribution in [0.2, 0.25) is 0 Å². The van der Waals surface area contributed by atoms with E-state index in [1.54, 1.807) is 6.20 Å². The molecule has 25 heavy (non-hydrogen) atoms. The van der Waals surface area contributed by atoms with Crippen LogP contribution in [0.4, 0.5) is 5.13 Å². The Kier molecular flexibility index (Phi) is 5.55. The fourth-order valence-electron chi connectivity index (χ4n) is 2.26. The number of imidazole rings is 1. The largest absolute Gasteiger partial charge is 0.329 e. The van der Waals surface area contributed by atoms with Gasteiger partial charge in [0.25, 0.3) is 0 Å². The number of nitrogens with one attached hydrogen (secondary N) is 1. The van der Waals surface area contributed by atoms with Crippen molar-refractivity contribution in [2.45, 2.75) is 30.7 Å². The first kappa shape index (κ1) is 17.7. The van der Waals surface area contributed by atoms with E-state index in [4.69, 9.17) is 0 Å². The number of nitrogens with zero attached hydrogens (tertiary/aromatic N) is 3. The number of carbonyl (C=O) groups excluding carboxylic acids is 1. The molecule has 130 valence electrons. The molecule has 1 amide bonds. The van der Waals surface area contributed by atoms with Crippen molar-refractivity contribution in [3.8, 4) is 11.3 Å². The van der Waals surface area contributed by atoms with Gasteiger partial charge in [-0.1, -0.05) is 43.0 Å².